The number of aromatic carboxylic acids is 1. The molecule has 23 heavy (non-hydrogen) atoms. The fourth-order valence-electron chi connectivity index (χ4n) is 2.54. The molecule has 0 spiro atoms. The molecule has 7 nitrogen and oxygen atoms in total. The third-order valence-corrected chi connectivity index (χ3v) is 3.74. The molecule has 1 saturated heterocycles. The average molecular weight is 321 g/mol. The number of aromatic nitrogens is 2. The fourth-order valence-corrected chi connectivity index (χ4v) is 2.54. The van der Waals surface area contributed by atoms with Crippen molar-refractivity contribution in [2.45, 2.75) is 52.1 Å². The number of likely N-dealkylation sites (tertiary alicyclic amines) is 1. The van der Waals surface area contributed by atoms with Crippen molar-refractivity contribution in [3.63, 3.8) is 0 Å². The van der Waals surface area contributed by atoms with Crippen LogP contribution in [0.5, 0.6) is 0 Å². The van der Waals surface area contributed by atoms with Gasteiger partial charge in [-0.2, -0.15) is 0 Å². The molecular formula is C16H23N3O4. The van der Waals surface area contributed by atoms with E-state index in [9.17, 15) is 9.59 Å². The highest BCUT2D eigenvalue weighted by Gasteiger charge is 2.28. The predicted molar refractivity (Wildman–Crippen MR) is 83.5 cm³/mol. The van der Waals surface area contributed by atoms with Gasteiger partial charge in [0.05, 0.1) is 11.3 Å². The number of nitrogens with zero attached hydrogens (tertiary/aromatic N) is 3. The zero-order chi connectivity index (χ0) is 17.2. The van der Waals surface area contributed by atoms with Crippen LogP contribution >= 0.6 is 0 Å². The van der Waals surface area contributed by atoms with Crippen LogP contribution in [0, 0.1) is 6.92 Å². The van der Waals surface area contributed by atoms with Crippen LogP contribution in [0.4, 0.5) is 4.79 Å². The standard InChI is InChI=1S/C16H23N3O4/c1-10-12(14(20)21)9-17-13(18-10)11-5-7-19(8-6-11)15(22)23-16(2,3)4/h9,11H,5-8H2,1-4H3,(H,20,21). The maximum Gasteiger partial charge on any atom is 0.410 e. The van der Waals surface area contributed by atoms with Crippen LogP contribution in [0.2, 0.25) is 0 Å². The number of hydrogen-bond donors (Lipinski definition) is 1. The van der Waals surface area contributed by atoms with E-state index in [4.69, 9.17) is 9.84 Å². The summed E-state index contributed by atoms with van der Waals surface area (Å²) in [6.45, 7) is 8.38. The molecule has 0 atom stereocenters. The molecule has 0 bridgehead atoms. The largest absolute Gasteiger partial charge is 0.478 e. The Labute approximate surface area is 135 Å². The highest BCUT2D eigenvalue weighted by Crippen LogP contribution is 2.26. The van der Waals surface area contributed by atoms with E-state index in [2.05, 4.69) is 9.97 Å². The molecule has 1 fully saturated rings. The van der Waals surface area contributed by atoms with Gasteiger partial charge in [-0.15, -0.1) is 0 Å². The molecular weight excluding hydrogens is 298 g/mol. The van der Waals surface area contributed by atoms with E-state index < -0.39 is 11.6 Å². The number of carboxylic acid groups (broad SMARTS) is 1. The summed E-state index contributed by atoms with van der Waals surface area (Å²) in [4.78, 5) is 33.2. The van der Waals surface area contributed by atoms with E-state index in [0.29, 0.717) is 24.6 Å². The fraction of sp³-hybridized carbons (Fsp3) is 0.625. The highest BCUT2D eigenvalue weighted by atomic mass is 16.6. The smallest absolute Gasteiger partial charge is 0.410 e. The van der Waals surface area contributed by atoms with Crippen LogP contribution in [0.25, 0.3) is 0 Å². The number of amides is 1. The van der Waals surface area contributed by atoms with Crippen LogP contribution < -0.4 is 0 Å². The van der Waals surface area contributed by atoms with E-state index in [0.717, 1.165) is 12.8 Å². The number of aryl methyl sites for hydroxylation is 1. The van der Waals surface area contributed by atoms with Crippen molar-refractivity contribution in [3.8, 4) is 0 Å². The molecule has 0 aromatic carbocycles. The molecule has 1 aromatic heterocycles. The van der Waals surface area contributed by atoms with E-state index in [-0.39, 0.29) is 17.6 Å². The van der Waals surface area contributed by atoms with Gasteiger partial charge in [0.1, 0.15) is 11.4 Å². The summed E-state index contributed by atoms with van der Waals surface area (Å²) in [5.74, 6) is -0.236. The molecule has 0 aliphatic carbocycles. The zero-order valence-corrected chi connectivity index (χ0v) is 14.0. The van der Waals surface area contributed by atoms with Gasteiger partial charge in [-0.1, -0.05) is 0 Å². The van der Waals surface area contributed by atoms with Crippen molar-refractivity contribution >= 4 is 12.1 Å². The molecule has 1 N–H and O–H groups in total. The van der Waals surface area contributed by atoms with Crippen LogP contribution in [-0.4, -0.2) is 50.7 Å². The molecule has 0 radical (unpaired) electrons. The van der Waals surface area contributed by atoms with Crippen molar-refractivity contribution in [2.24, 2.45) is 0 Å². The molecule has 1 aromatic rings. The van der Waals surface area contributed by atoms with Gasteiger partial charge in [0.25, 0.3) is 0 Å². The van der Waals surface area contributed by atoms with Crippen LogP contribution in [0.3, 0.4) is 0 Å². The average Bonchev–Trinajstić information content (AvgIpc) is 2.45. The quantitative estimate of drug-likeness (QED) is 0.900. The lowest BCUT2D eigenvalue weighted by Gasteiger charge is -2.33. The van der Waals surface area contributed by atoms with Gasteiger partial charge in [-0.25, -0.2) is 19.6 Å². The number of carboxylic acids is 1. The van der Waals surface area contributed by atoms with Gasteiger partial charge in [-0.05, 0) is 40.5 Å². The first-order valence-corrected chi connectivity index (χ1v) is 7.72. The normalized spacial score (nSPS) is 16.3. The Morgan fingerprint density at radius 1 is 1.30 bits per heavy atom. The van der Waals surface area contributed by atoms with Gasteiger partial charge in [0, 0.05) is 25.2 Å². The summed E-state index contributed by atoms with van der Waals surface area (Å²) in [5, 5.41) is 9.02. The minimum absolute atomic E-state index is 0.125. The molecule has 0 unspecified atom stereocenters. The van der Waals surface area contributed by atoms with Gasteiger partial charge in [0.2, 0.25) is 0 Å². The summed E-state index contributed by atoms with van der Waals surface area (Å²) in [6.07, 6.45) is 2.55. The summed E-state index contributed by atoms with van der Waals surface area (Å²) in [7, 11) is 0. The first-order valence-electron chi connectivity index (χ1n) is 7.72. The number of carbonyl (C=O) groups is 2. The van der Waals surface area contributed by atoms with Crippen LogP contribution in [0.1, 0.15) is 61.4 Å². The third kappa shape index (κ3) is 4.40. The number of rotatable bonds is 2. The monoisotopic (exact) mass is 321 g/mol. The molecule has 1 aliphatic heterocycles. The maximum absolute atomic E-state index is 12.0. The topological polar surface area (TPSA) is 92.6 Å². The van der Waals surface area contributed by atoms with Gasteiger partial charge in [0.15, 0.2) is 0 Å². The Morgan fingerprint density at radius 3 is 2.39 bits per heavy atom. The molecule has 7 heteroatoms. The second kappa shape index (κ2) is 6.52. The molecule has 0 saturated carbocycles. The zero-order valence-electron chi connectivity index (χ0n) is 14.0. The summed E-state index contributed by atoms with van der Waals surface area (Å²) in [5.41, 5.74) is 0.0953. The summed E-state index contributed by atoms with van der Waals surface area (Å²) >= 11 is 0. The molecule has 1 amide bonds. The lowest BCUT2D eigenvalue weighted by molar-refractivity contribution is 0.0202. The Morgan fingerprint density at radius 2 is 1.91 bits per heavy atom. The van der Waals surface area contributed by atoms with E-state index in [1.165, 1.54) is 6.20 Å². The molecule has 1 aliphatic rings. The second-order valence-corrected chi connectivity index (χ2v) is 6.77. The summed E-state index contributed by atoms with van der Waals surface area (Å²) < 4.78 is 5.37. The molecule has 126 valence electrons. The van der Waals surface area contributed by atoms with Gasteiger partial charge >= 0.3 is 12.1 Å². The Kier molecular flexibility index (Phi) is 4.87. The lowest BCUT2D eigenvalue weighted by Crippen LogP contribution is -2.41. The number of ether oxygens (including phenoxy) is 1. The van der Waals surface area contributed by atoms with Crippen molar-refractivity contribution in [3.05, 3.63) is 23.3 Å². The van der Waals surface area contributed by atoms with Crippen LogP contribution in [-0.2, 0) is 4.74 Å². The summed E-state index contributed by atoms with van der Waals surface area (Å²) in [6, 6.07) is 0. The number of carbonyl (C=O) groups excluding carboxylic acids is 1. The van der Waals surface area contributed by atoms with Gasteiger partial charge in [-0.3, -0.25) is 0 Å². The Hall–Kier alpha value is -2.18. The van der Waals surface area contributed by atoms with Crippen molar-refractivity contribution in [2.75, 3.05) is 13.1 Å². The van der Waals surface area contributed by atoms with Crippen molar-refractivity contribution in [1.82, 2.24) is 14.9 Å². The minimum atomic E-state index is -1.02. The minimum Gasteiger partial charge on any atom is -0.478 e. The van der Waals surface area contributed by atoms with E-state index >= 15 is 0 Å². The SMILES string of the molecule is Cc1nc(C2CCN(C(=O)OC(C)(C)C)CC2)ncc1C(=O)O. The Balaban J connectivity index is 1.98. The van der Waals surface area contributed by atoms with E-state index in [1.54, 1.807) is 11.8 Å². The first kappa shape index (κ1) is 17.2. The van der Waals surface area contributed by atoms with Crippen molar-refractivity contribution in [1.29, 1.82) is 0 Å². The Bertz CT molecular complexity index is 602. The second-order valence-electron chi connectivity index (χ2n) is 6.77. The number of hydrogen-bond acceptors (Lipinski definition) is 5. The molecule has 2 heterocycles. The maximum atomic E-state index is 12.0. The number of piperidine rings is 1. The lowest BCUT2D eigenvalue weighted by atomic mass is 9.96. The third-order valence-electron chi connectivity index (χ3n) is 3.74. The molecule has 2 rings (SSSR count). The highest BCUT2D eigenvalue weighted by molar-refractivity contribution is 5.88. The predicted octanol–water partition coefficient (Wildman–Crippen LogP) is 2.60. The van der Waals surface area contributed by atoms with Crippen molar-refractivity contribution < 1.29 is 19.4 Å². The van der Waals surface area contributed by atoms with E-state index in [1.807, 2.05) is 20.8 Å². The van der Waals surface area contributed by atoms with Crippen LogP contribution in [0.15, 0.2) is 6.20 Å². The van der Waals surface area contributed by atoms with Gasteiger partial charge < -0.3 is 14.7 Å². The first-order chi connectivity index (χ1) is 10.7.